The first-order chi connectivity index (χ1) is 5.74. The molecule has 1 heterocycles. The van der Waals surface area contributed by atoms with Gasteiger partial charge in [-0.1, -0.05) is 0 Å². The van der Waals surface area contributed by atoms with E-state index in [1.54, 1.807) is 0 Å². The van der Waals surface area contributed by atoms with Gasteiger partial charge < -0.3 is 14.8 Å². The summed E-state index contributed by atoms with van der Waals surface area (Å²) in [5, 5.41) is 2.40. The highest BCUT2D eigenvalue weighted by Gasteiger charge is 2.20. The number of ether oxygens (including phenoxy) is 2. The van der Waals surface area contributed by atoms with Crippen LogP contribution in [0.15, 0.2) is 0 Å². The fourth-order valence-electron chi connectivity index (χ4n) is 0.817. The van der Waals surface area contributed by atoms with E-state index in [0.717, 1.165) is 13.0 Å². The summed E-state index contributed by atoms with van der Waals surface area (Å²) in [5.41, 5.74) is 0. The molecule has 1 atom stereocenters. The summed E-state index contributed by atoms with van der Waals surface area (Å²) < 4.78 is 9.23. The summed E-state index contributed by atoms with van der Waals surface area (Å²) in [6.45, 7) is 1.12. The van der Waals surface area contributed by atoms with E-state index in [0.29, 0.717) is 6.54 Å². The second kappa shape index (κ2) is 4.06. The summed E-state index contributed by atoms with van der Waals surface area (Å²) in [6.07, 6.45) is 1.00. The minimum Gasteiger partial charge on any atom is -0.462 e. The number of esters is 1. The van der Waals surface area contributed by atoms with E-state index in [1.807, 2.05) is 0 Å². The van der Waals surface area contributed by atoms with Crippen LogP contribution in [0.25, 0.3) is 0 Å². The van der Waals surface area contributed by atoms with Gasteiger partial charge in [-0.05, 0) is 6.42 Å². The van der Waals surface area contributed by atoms with Crippen molar-refractivity contribution in [3.05, 3.63) is 0 Å². The van der Waals surface area contributed by atoms with Crippen LogP contribution in [0.2, 0.25) is 0 Å². The van der Waals surface area contributed by atoms with Crippen molar-refractivity contribution in [2.75, 3.05) is 20.3 Å². The average Bonchev–Trinajstić information content (AvgIpc) is 2.00. The third-order valence-corrected chi connectivity index (χ3v) is 1.65. The highest BCUT2D eigenvalue weighted by molar-refractivity contribution is 6.32. The van der Waals surface area contributed by atoms with Gasteiger partial charge in [0, 0.05) is 13.2 Å². The van der Waals surface area contributed by atoms with Crippen molar-refractivity contribution in [3.63, 3.8) is 0 Å². The van der Waals surface area contributed by atoms with Crippen molar-refractivity contribution >= 4 is 11.9 Å². The first-order valence-corrected chi connectivity index (χ1v) is 3.72. The lowest BCUT2D eigenvalue weighted by Gasteiger charge is -2.26. The highest BCUT2D eigenvalue weighted by Crippen LogP contribution is 2.08. The molecule has 1 fully saturated rings. The van der Waals surface area contributed by atoms with Crippen molar-refractivity contribution in [1.29, 1.82) is 0 Å². The first-order valence-electron chi connectivity index (χ1n) is 3.72. The van der Waals surface area contributed by atoms with Gasteiger partial charge in [0.2, 0.25) is 0 Å². The summed E-state index contributed by atoms with van der Waals surface area (Å²) >= 11 is 0. The maximum Gasteiger partial charge on any atom is 0.396 e. The molecule has 0 saturated carbocycles. The van der Waals surface area contributed by atoms with E-state index in [1.165, 1.54) is 7.11 Å². The van der Waals surface area contributed by atoms with Crippen LogP contribution in [0.4, 0.5) is 0 Å². The van der Waals surface area contributed by atoms with Gasteiger partial charge in [-0.2, -0.15) is 0 Å². The van der Waals surface area contributed by atoms with Gasteiger partial charge in [0.05, 0.1) is 13.2 Å². The summed E-state index contributed by atoms with van der Waals surface area (Å²) in [5.74, 6) is -1.58. The number of amides is 1. The molecule has 0 aromatic heterocycles. The second-order valence-corrected chi connectivity index (χ2v) is 2.48. The van der Waals surface area contributed by atoms with Crippen LogP contribution < -0.4 is 5.32 Å². The smallest absolute Gasteiger partial charge is 0.396 e. The fourth-order valence-corrected chi connectivity index (χ4v) is 0.817. The minimum absolute atomic E-state index is 0.0682. The molecular formula is C7H11NO4. The Hall–Kier alpha value is -1.10. The molecule has 0 aliphatic carbocycles. The molecule has 5 nitrogen and oxygen atoms in total. The molecule has 1 rings (SSSR count). The minimum atomic E-state index is -0.866. The zero-order chi connectivity index (χ0) is 8.97. The number of rotatable bonds is 2. The third-order valence-electron chi connectivity index (χ3n) is 1.65. The van der Waals surface area contributed by atoms with E-state index >= 15 is 0 Å². The fraction of sp³-hybridized carbons (Fsp3) is 0.714. The maximum atomic E-state index is 10.8. The Morgan fingerprint density at radius 3 is 2.75 bits per heavy atom. The quantitative estimate of drug-likeness (QED) is 0.432. The number of hydrogen-bond acceptors (Lipinski definition) is 4. The van der Waals surface area contributed by atoms with Crippen LogP contribution in [-0.2, 0) is 19.1 Å². The molecule has 5 heteroatoms. The molecule has 0 aromatic rings. The van der Waals surface area contributed by atoms with Crippen LogP contribution in [0.3, 0.4) is 0 Å². The van der Waals surface area contributed by atoms with Gasteiger partial charge >= 0.3 is 11.9 Å². The lowest BCUT2D eigenvalue weighted by molar-refractivity contribution is -0.153. The molecular weight excluding hydrogens is 162 g/mol. The number of carbonyl (C=O) groups is 2. The monoisotopic (exact) mass is 173 g/mol. The molecule has 68 valence electrons. The number of carbonyl (C=O) groups excluding carboxylic acids is 2. The van der Waals surface area contributed by atoms with Gasteiger partial charge in [0.1, 0.15) is 0 Å². The van der Waals surface area contributed by atoms with Crippen molar-refractivity contribution in [3.8, 4) is 0 Å². The molecule has 1 saturated heterocycles. The van der Waals surface area contributed by atoms with Crippen molar-refractivity contribution in [1.82, 2.24) is 5.32 Å². The normalized spacial score (nSPS) is 20.9. The Bertz CT molecular complexity index is 188. The van der Waals surface area contributed by atoms with Crippen molar-refractivity contribution in [2.45, 2.75) is 12.5 Å². The van der Waals surface area contributed by atoms with Gasteiger partial charge in [-0.15, -0.1) is 0 Å². The zero-order valence-electron chi connectivity index (χ0n) is 6.83. The molecule has 1 N–H and O–H groups in total. The molecule has 1 unspecified atom stereocenters. The second-order valence-electron chi connectivity index (χ2n) is 2.48. The highest BCUT2D eigenvalue weighted by atomic mass is 16.5. The number of hydrogen-bond donors (Lipinski definition) is 1. The number of nitrogens with one attached hydrogen (secondary N) is 1. The van der Waals surface area contributed by atoms with Crippen molar-refractivity contribution in [2.24, 2.45) is 0 Å². The van der Waals surface area contributed by atoms with Crippen molar-refractivity contribution < 1.29 is 19.1 Å². The molecule has 0 spiro atoms. The van der Waals surface area contributed by atoms with Gasteiger partial charge in [0.15, 0.2) is 0 Å². The van der Waals surface area contributed by atoms with Crippen LogP contribution in [-0.4, -0.2) is 38.2 Å². The molecule has 0 radical (unpaired) electrons. The summed E-state index contributed by atoms with van der Waals surface area (Å²) in [7, 11) is 1.17. The molecule has 1 amide bonds. The Labute approximate surface area is 70.0 Å². The van der Waals surface area contributed by atoms with Crippen LogP contribution in [0, 0.1) is 0 Å². The first kappa shape index (κ1) is 8.99. The van der Waals surface area contributed by atoms with E-state index in [4.69, 9.17) is 4.74 Å². The molecule has 0 bridgehead atoms. The Balaban J connectivity index is 2.13. The SMILES string of the molecule is COC(=O)C(=O)NCC1CCO1. The van der Waals surface area contributed by atoms with Gasteiger partial charge in [-0.25, -0.2) is 4.79 Å². The van der Waals surface area contributed by atoms with Crippen LogP contribution >= 0.6 is 0 Å². The van der Waals surface area contributed by atoms with E-state index in [-0.39, 0.29) is 6.10 Å². The van der Waals surface area contributed by atoms with Crippen LogP contribution in [0.5, 0.6) is 0 Å². The lowest BCUT2D eigenvalue weighted by Crippen LogP contribution is -2.42. The van der Waals surface area contributed by atoms with Gasteiger partial charge in [0.25, 0.3) is 0 Å². The average molecular weight is 173 g/mol. The Morgan fingerprint density at radius 2 is 2.33 bits per heavy atom. The Morgan fingerprint density at radius 1 is 1.67 bits per heavy atom. The van der Waals surface area contributed by atoms with E-state index in [9.17, 15) is 9.59 Å². The van der Waals surface area contributed by atoms with E-state index < -0.39 is 11.9 Å². The summed E-state index contributed by atoms with van der Waals surface area (Å²) in [4.78, 5) is 21.3. The molecule has 12 heavy (non-hydrogen) atoms. The summed E-state index contributed by atoms with van der Waals surface area (Å²) in [6, 6.07) is 0. The standard InChI is InChI=1S/C7H11NO4/c1-11-7(10)6(9)8-4-5-2-3-12-5/h5H,2-4H2,1H3,(H,8,9). The number of methoxy groups -OCH3 is 1. The Kier molecular flexibility index (Phi) is 3.04. The molecule has 0 aromatic carbocycles. The van der Waals surface area contributed by atoms with E-state index in [2.05, 4.69) is 10.1 Å². The largest absolute Gasteiger partial charge is 0.462 e. The topological polar surface area (TPSA) is 64.6 Å². The third kappa shape index (κ3) is 2.20. The van der Waals surface area contributed by atoms with Gasteiger partial charge in [-0.3, -0.25) is 4.79 Å². The maximum absolute atomic E-state index is 10.8. The molecule has 1 aliphatic heterocycles. The lowest BCUT2D eigenvalue weighted by atomic mass is 10.2. The predicted molar refractivity (Wildman–Crippen MR) is 39.4 cm³/mol. The molecule has 1 aliphatic rings. The predicted octanol–water partition coefficient (Wildman–Crippen LogP) is -0.935. The van der Waals surface area contributed by atoms with Crippen LogP contribution in [0.1, 0.15) is 6.42 Å². The zero-order valence-corrected chi connectivity index (χ0v) is 6.83.